The van der Waals surface area contributed by atoms with E-state index in [4.69, 9.17) is 0 Å². The van der Waals surface area contributed by atoms with Crippen molar-refractivity contribution < 1.29 is 0 Å². The maximum atomic E-state index is 2.43. The first-order valence-electron chi connectivity index (χ1n) is 7.22. The molecule has 0 N–H and O–H groups in total. The second-order valence-corrected chi connectivity index (χ2v) is 7.01. The predicted octanol–water partition coefficient (Wildman–Crippen LogP) is 4.49. The molecule has 2 bridgehead atoms. The summed E-state index contributed by atoms with van der Waals surface area (Å²) in [6.45, 7) is 4.87. The number of hydrogen-bond acceptors (Lipinski definition) is 0. The summed E-state index contributed by atoms with van der Waals surface area (Å²) in [5, 5.41) is 0. The van der Waals surface area contributed by atoms with Crippen LogP contribution in [-0.4, -0.2) is 0 Å². The van der Waals surface area contributed by atoms with Gasteiger partial charge in [-0.3, -0.25) is 0 Å². The third-order valence-corrected chi connectivity index (χ3v) is 5.44. The monoisotopic (exact) mass is 206 g/mol. The van der Waals surface area contributed by atoms with Crippen molar-refractivity contribution in [2.24, 2.45) is 35.5 Å². The Hall–Kier alpha value is 0. The summed E-state index contributed by atoms with van der Waals surface area (Å²) in [6.07, 6.45) is 11.1. The molecule has 0 aromatic heterocycles. The van der Waals surface area contributed by atoms with E-state index in [0.717, 1.165) is 29.6 Å². The fourth-order valence-electron chi connectivity index (χ4n) is 4.45. The molecule has 0 nitrogen and oxygen atoms in total. The van der Waals surface area contributed by atoms with Crippen LogP contribution >= 0.6 is 0 Å². The van der Waals surface area contributed by atoms with Gasteiger partial charge in [-0.2, -0.15) is 0 Å². The SMILES string of the molecule is CC(C)C1C[C@@H]2CC(C3CC3)C[C@H](C1)C2. The maximum absolute atomic E-state index is 2.43. The van der Waals surface area contributed by atoms with Gasteiger partial charge in [-0.1, -0.05) is 13.8 Å². The van der Waals surface area contributed by atoms with Crippen molar-refractivity contribution in [3.8, 4) is 0 Å². The van der Waals surface area contributed by atoms with Gasteiger partial charge in [0.25, 0.3) is 0 Å². The van der Waals surface area contributed by atoms with Gasteiger partial charge in [-0.15, -0.1) is 0 Å². The van der Waals surface area contributed by atoms with Crippen molar-refractivity contribution in [3.05, 3.63) is 0 Å². The second kappa shape index (κ2) is 3.79. The van der Waals surface area contributed by atoms with Crippen molar-refractivity contribution in [2.45, 2.75) is 58.8 Å². The molecule has 86 valence electrons. The zero-order valence-corrected chi connectivity index (χ0v) is 10.4. The largest absolute Gasteiger partial charge is 0.0625 e. The third kappa shape index (κ3) is 2.10. The van der Waals surface area contributed by atoms with E-state index >= 15 is 0 Å². The second-order valence-electron chi connectivity index (χ2n) is 7.01. The summed E-state index contributed by atoms with van der Waals surface area (Å²) in [7, 11) is 0. The molecule has 3 fully saturated rings. The van der Waals surface area contributed by atoms with Crippen molar-refractivity contribution in [1.29, 1.82) is 0 Å². The number of hydrogen-bond donors (Lipinski definition) is 0. The quantitative estimate of drug-likeness (QED) is 0.624. The summed E-state index contributed by atoms with van der Waals surface area (Å²) in [4.78, 5) is 0. The summed E-state index contributed by atoms with van der Waals surface area (Å²) in [5.41, 5.74) is 0. The molecule has 3 aliphatic rings. The number of fused-ring (bicyclic) bond motifs is 2. The zero-order valence-electron chi connectivity index (χ0n) is 10.4. The highest BCUT2D eigenvalue weighted by Gasteiger charge is 2.41. The average Bonchev–Trinajstić information content (AvgIpc) is 2.98. The van der Waals surface area contributed by atoms with Gasteiger partial charge in [0.05, 0.1) is 0 Å². The van der Waals surface area contributed by atoms with Crippen LogP contribution in [-0.2, 0) is 0 Å². The molecule has 4 atom stereocenters. The fraction of sp³-hybridized carbons (Fsp3) is 1.00. The molecule has 0 saturated heterocycles. The van der Waals surface area contributed by atoms with Gasteiger partial charge in [0.2, 0.25) is 0 Å². The molecule has 0 spiro atoms. The van der Waals surface area contributed by atoms with Crippen LogP contribution in [0.2, 0.25) is 0 Å². The van der Waals surface area contributed by atoms with E-state index in [1.165, 1.54) is 5.92 Å². The Kier molecular flexibility index (Phi) is 2.57. The molecule has 3 rings (SSSR count). The highest BCUT2D eigenvalue weighted by atomic mass is 14.5. The minimum atomic E-state index is 0.938. The molecule has 0 aromatic carbocycles. The lowest BCUT2D eigenvalue weighted by molar-refractivity contribution is 0.0701. The molecular formula is C15H26. The molecule has 0 aromatic rings. The lowest BCUT2D eigenvalue weighted by Gasteiger charge is -2.44. The van der Waals surface area contributed by atoms with Crippen LogP contribution in [0, 0.1) is 35.5 Å². The molecule has 0 aliphatic heterocycles. The minimum absolute atomic E-state index is 0.938. The Labute approximate surface area is 94.8 Å². The summed E-state index contributed by atoms with van der Waals surface area (Å²) in [6, 6.07) is 0. The van der Waals surface area contributed by atoms with E-state index in [0.29, 0.717) is 0 Å². The molecule has 15 heavy (non-hydrogen) atoms. The van der Waals surface area contributed by atoms with Gasteiger partial charge < -0.3 is 0 Å². The van der Waals surface area contributed by atoms with Gasteiger partial charge >= 0.3 is 0 Å². The molecule has 0 amide bonds. The third-order valence-electron chi connectivity index (χ3n) is 5.44. The Bertz CT molecular complexity index is 198. The predicted molar refractivity (Wildman–Crippen MR) is 64.6 cm³/mol. The van der Waals surface area contributed by atoms with Gasteiger partial charge in [-0.25, -0.2) is 0 Å². The summed E-state index contributed by atoms with van der Waals surface area (Å²) < 4.78 is 0. The first-order valence-corrected chi connectivity index (χ1v) is 7.22. The van der Waals surface area contributed by atoms with Crippen LogP contribution in [0.3, 0.4) is 0 Å². The molecule has 3 saturated carbocycles. The Morgan fingerprint density at radius 1 is 0.733 bits per heavy atom. The Morgan fingerprint density at radius 2 is 1.33 bits per heavy atom. The molecule has 0 heterocycles. The van der Waals surface area contributed by atoms with Crippen LogP contribution in [0.15, 0.2) is 0 Å². The van der Waals surface area contributed by atoms with Crippen LogP contribution in [0.1, 0.15) is 58.8 Å². The van der Waals surface area contributed by atoms with Crippen molar-refractivity contribution in [1.82, 2.24) is 0 Å². The van der Waals surface area contributed by atoms with E-state index in [2.05, 4.69) is 13.8 Å². The molecule has 0 heteroatoms. The number of rotatable bonds is 2. The van der Waals surface area contributed by atoms with Crippen LogP contribution in [0.4, 0.5) is 0 Å². The average molecular weight is 206 g/mol. The Morgan fingerprint density at radius 3 is 1.80 bits per heavy atom. The first kappa shape index (κ1) is 10.2. The molecule has 0 radical (unpaired) electrons. The van der Waals surface area contributed by atoms with E-state index in [-0.39, 0.29) is 0 Å². The standard InChI is InChI=1S/C15H26/c1-10(2)14-6-11-5-12(7-14)9-15(8-11)13-3-4-13/h10-15H,3-9H2,1-2H3/t11-,12+,14?,15?. The van der Waals surface area contributed by atoms with Gasteiger partial charge in [-0.05, 0) is 80.5 Å². The normalized spacial score (nSPS) is 45.8. The molecule has 2 unspecified atom stereocenters. The van der Waals surface area contributed by atoms with E-state index in [1.807, 2.05) is 0 Å². The summed E-state index contributed by atoms with van der Waals surface area (Å²) >= 11 is 0. The van der Waals surface area contributed by atoms with E-state index in [9.17, 15) is 0 Å². The fourth-order valence-corrected chi connectivity index (χ4v) is 4.45. The summed E-state index contributed by atoms with van der Waals surface area (Å²) in [5.74, 6) is 6.57. The highest BCUT2D eigenvalue weighted by Crippen LogP contribution is 2.52. The van der Waals surface area contributed by atoms with Crippen LogP contribution < -0.4 is 0 Å². The zero-order chi connectivity index (χ0) is 10.4. The highest BCUT2D eigenvalue weighted by molar-refractivity contribution is 4.92. The van der Waals surface area contributed by atoms with Crippen molar-refractivity contribution in [2.75, 3.05) is 0 Å². The molecule has 3 aliphatic carbocycles. The molecular weight excluding hydrogens is 180 g/mol. The van der Waals surface area contributed by atoms with Crippen molar-refractivity contribution >= 4 is 0 Å². The van der Waals surface area contributed by atoms with Gasteiger partial charge in [0, 0.05) is 0 Å². The minimum Gasteiger partial charge on any atom is -0.0625 e. The lowest BCUT2D eigenvalue weighted by atomic mass is 9.62. The Balaban J connectivity index is 1.63. The first-order chi connectivity index (χ1) is 7.22. The maximum Gasteiger partial charge on any atom is -0.0381 e. The van der Waals surface area contributed by atoms with E-state index < -0.39 is 0 Å². The topological polar surface area (TPSA) is 0 Å². The van der Waals surface area contributed by atoms with Gasteiger partial charge in [0.1, 0.15) is 0 Å². The van der Waals surface area contributed by atoms with Crippen LogP contribution in [0.25, 0.3) is 0 Å². The van der Waals surface area contributed by atoms with Crippen molar-refractivity contribution in [3.63, 3.8) is 0 Å². The van der Waals surface area contributed by atoms with Gasteiger partial charge in [0.15, 0.2) is 0 Å². The van der Waals surface area contributed by atoms with Crippen LogP contribution in [0.5, 0.6) is 0 Å². The lowest BCUT2D eigenvalue weighted by Crippen LogP contribution is -2.33. The van der Waals surface area contributed by atoms with E-state index in [1.54, 1.807) is 44.9 Å². The smallest absolute Gasteiger partial charge is 0.0381 e.